The number of rotatable bonds is 30. The summed E-state index contributed by atoms with van der Waals surface area (Å²) in [5.41, 5.74) is 35.1. The summed E-state index contributed by atoms with van der Waals surface area (Å²) in [6.07, 6.45) is 0.286. The predicted octanol–water partition coefficient (Wildman–Crippen LogP) is 15.3. The number of aliphatic hydroxyl groups is 7. The van der Waals surface area contributed by atoms with Crippen LogP contribution in [0.2, 0.25) is 0 Å². The second-order valence-corrected chi connectivity index (χ2v) is 29.9. The highest BCUT2D eigenvalue weighted by Crippen LogP contribution is 2.23. The Morgan fingerprint density at radius 2 is 0.626 bits per heavy atom. The third kappa shape index (κ3) is 52.3. The summed E-state index contributed by atoms with van der Waals surface area (Å²) >= 11 is 5.21. The van der Waals surface area contributed by atoms with Crippen LogP contribution in [0.1, 0.15) is 297 Å². The van der Waals surface area contributed by atoms with Crippen LogP contribution in [0.25, 0.3) is 0 Å². The van der Waals surface area contributed by atoms with Gasteiger partial charge in [0.2, 0.25) is 0 Å². The topological polar surface area (TPSA) is 617 Å². The maximum Gasteiger partial charge on any atom is 0.338 e. The molecule has 0 radical (unpaired) electrons. The number of carbonyl (C=O) groups excluding carboxylic acids is 13. The molecule has 2 aromatic heterocycles. The Hall–Kier alpha value is -15.8. The Labute approximate surface area is 856 Å². The quantitative estimate of drug-likeness (QED) is 0.00378. The lowest BCUT2D eigenvalue weighted by molar-refractivity contribution is -0.100. The minimum absolute atomic E-state index is 0.0162. The van der Waals surface area contributed by atoms with Crippen LogP contribution in [0.15, 0.2) is 273 Å². The van der Waals surface area contributed by atoms with Crippen molar-refractivity contribution >= 4 is 106 Å². The molecule has 38 heteroatoms. The largest absolute Gasteiger partial charge is 0.478 e. The van der Waals surface area contributed by atoms with Gasteiger partial charge in [-0.2, -0.15) is 0 Å². The third-order valence-corrected chi connectivity index (χ3v) is 19.1. The first kappa shape index (κ1) is 129. The van der Waals surface area contributed by atoms with Gasteiger partial charge in [-0.05, 0) is 200 Å². The van der Waals surface area contributed by atoms with Crippen molar-refractivity contribution in [3.63, 3.8) is 0 Å². The van der Waals surface area contributed by atoms with E-state index in [0.717, 1.165) is 34.4 Å². The van der Waals surface area contributed by atoms with E-state index in [1.54, 1.807) is 185 Å². The number of nitrogens with two attached hydrogens (primary N) is 4. The van der Waals surface area contributed by atoms with Gasteiger partial charge in [0, 0.05) is 126 Å². The van der Waals surface area contributed by atoms with Crippen LogP contribution in [0.3, 0.4) is 0 Å². The van der Waals surface area contributed by atoms with E-state index in [-0.39, 0.29) is 45.9 Å². The molecule has 0 saturated carbocycles. The number of halogens is 1. The van der Waals surface area contributed by atoms with Crippen molar-refractivity contribution in [3.05, 3.63) is 396 Å². The van der Waals surface area contributed by atoms with Crippen molar-refractivity contribution in [1.82, 2.24) is 15.0 Å². The zero-order valence-corrected chi connectivity index (χ0v) is 84.3. The minimum atomic E-state index is -1.44. The standard InChI is InChI=1S/C12H18O4.C12H14O4.C10H14O4.C10H10O4.C9H7ClO2.C9H12O3.C9H8O3.C9H8O2.C8H12N2.C8H7NO2.C7H6N2O2.C6H8N2/c2*1-3-15-11(13)9-5-7-10(8-6-9)12(14)16-4-2;2*1-13-9(11)7-3-5-8(6-4-7)10(12)14-2;1-6(11)7-2-4-8(5-3-7)9(10)12;2*1-6(10)7-2-4-8(5-3-7)9(11)12;1-7(11)9-4-2-8(6-10)3-5-9;9-5-7-1-2-8(6-10)4-3-7;1-6(11)7-2-3-8(5-10)9-4-7;1-5(11)7-3-8-6(4-10)2-9-7;7-5-1-2-6(8)4-3-5/h5-8,11-14H,3-4H2,1-2H3;5-8H,3-4H2,1-2H3;3-6,9-12H,1-2H3;3-6H,1-2H3;2-5H,1H3;2-6,9-12H,1H3;2-5H,1H3,(H,11,12);2-6H,1H3;1-4H,5-6,9-10H2;2-5H,1H3;2-4H,1H3;1-4H,7-8H2. The van der Waals surface area contributed by atoms with Crippen molar-refractivity contribution in [2.45, 2.75) is 120 Å². The first-order valence-corrected chi connectivity index (χ1v) is 44.9. The van der Waals surface area contributed by atoms with Gasteiger partial charge in [0.1, 0.15) is 23.4 Å². The molecule has 16 N–H and O–H groups in total. The van der Waals surface area contributed by atoms with Gasteiger partial charge in [-0.15, -0.1) is 0 Å². The number of aliphatic hydroxyl groups excluding tert-OH is 6. The maximum atomic E-state index is 11.3. The number of aldehydes is 3. The Kier molecular flexibility index (Phi) is 64.4. The van der Waals surface area contributed by atoms with Crippen LogP contribution in [0.5, 0.6) is 0 Å². The molecule has 0 aliphatic heterocycles. The van der Waals surface area contributed by atoms with E-state index in [0.29, 0.717) is 141 Å². The molecule has 37 nitrogen and oxygen atoms in total. The van der Waals surface area contributed by atoms with Gasteiger partial charge in [0.15, 0.2) is 72.9 Å². The van der Waals surface area contributed by atoms with Crippen LogP contribution < -0.4 is 22.9 Å². The van der Waals surface area contributed by atoms with Crippen molar-refractivity contribution in [1.29, 1.82) is 0 Å². The second-order valence-electron chi connectivity index (χ2n) is 29.6. The minimum Gasteiger partial charge on any atom is -0.478 e. The number of anilines is 2. The molecule has 5 unspecified atom stereocenters. The summed E-state index contributed by atoms with van der Waals surface area (Å²) in [5, 5.41) is 72.3. The Bertz CT molecular complexity index is 5490. The molecular weight excluding hydrogens is 1920 g/mol. The summed E-state index contributed by atoms with van der Waals surface area (Å²) in [6.45, 7) is 18.8. The number of carboxylic acid groups (broad SMARTS) is 1. The van der Waals surface area contributed by atoms with E-state index in [1.165, 1.54) is 148 Å². The molecule has 147 heavy (non-hydrogen) atoms. The molecule has 0 saturated heterocycles. The van der Waals surface area contributed by atoms with Crippen LogP contribution >= 0.6 is 11.6 Å². The zero-order chi connectivity index (χ0) is 111. The number of Topliss-reactive ketones (excluding diaryl/α,β-unsaturated/α-hetero) is 5. The number of benzene rings is 10. The lowest BCUT2D eigenvalue weighted by atomic mass is 10.1. The number of carbonyl (C=O) groups is 14. The predicted molar refractivity (Wildman–Crippen MR) is 548 cm³/mol. The Morgan fingerprint density at radius 1 is 0.327 bits per heavy atom. The summed E-state index contributed by atoms with van der Waals surface area (Å²) in [5.74, 6) is -2.90. The first-order chi connectivity index (χ1) is 69.9. The normalized spacial score (nSPS) is 10.8. The first-order valence-electron chi connectivity index (χ1n) is 44.5. The highest BCUT2D eigenvalue weighted by molar-refractivity contribution is 6.67. The average Bonchev–Trinajstić information content (AvgIpc) is 0.866. The zero-order valence-electron chi connectivity index (χ0n) is 83.5. The highest BCUT2D eigenvalue weighted by atomic mass is 35.5. The average molecular weight is 2050 g/mol. The summed E-state index contributed by atoms with van der Waals surface area (Å²) < 4.78 is 38.2. The number of aromatic nitrogens is 3. The molecule has 0 fully saturated rings. The number of ketones is 5. The summed E-state index contributed by atoms with van der Waals surface area (Å²) in [7, 11) is 5.44. The molecule has 0 bridgehead atoms. The molecule has 0 spiro atoms. The third-order valence-electron chi connectivity index (χ3n) is 18.9. The van der Waals surface area contributed by atoms with Gasteiger partial charge in [-0.3, -0.25) is 48.1 Å². The van der Waals surface area contributed by atoms with E-state index >= 15 is 0 Å². The van der Waals surface area contributed by atoms with E-state index in [1.807, 2.05) is 38.1 Å². The number of aromatic carboxylic acids is 1. The Balaban J connectivity index is 0.000000805. The van der Waals surface area contributed by atoms with Crippen molar-refractivity contribution in [2.75, 3.05) is 66.3 Å². The van der Waals surface area contributed by atoms with E-state index in [9.17, 15) is 87.5 Å². The number of methoxy groups -OCH3 is 4. The molecule has 782 valence electrons. The van der Waals surface area contributed by atoms with Crippen LogP contribution in [-0.4, -0.2) is 194 Å². The van der Waals surface area contributed by atoms with Crippen molar-refractivity contribution in [2.24, 2.45) is 11.5 Å². The van der Waals surface area contributed by atoms with Crippen LogP contribution in [0, 0.1) is 0 Å². The fourth-order valence-electron chi connectivity index (χ4n) is 10.6. The van der Waals surface area contributed by atoms with Gasteiger partial charge in [-0.25, -0.2) is 33.9 Å². The van der Waals surface area contributed by atoms with E-state index in [4.69, 9.17) is 83.4 Å². The van der Waals surface area contributed by atoms with E-state index < -0.39 is 72.6 Å². The molecule has 2 heterocycles. The fourth-order valence-corrected chi connectivity index (χ4v) is 10.7. The molecule has 5 atom stereocenters. The second kappa shape index (κ2) is 73.3. The van der Waals surface area contributed by atoms with Gasteiger partial charge >= 0.3 is 29.8 Å². The van der Waals surface area contributed by atoms with Crippen molar-refractivity contribution < 1.29 is 146 Å². The molecule has 10 aromatic carbocycles. The monoisotopic (exact) mass is 2050 g/mol. The van der Waals surface area contributed by atoms with Crippen LogP contribution in [0.4, 0.5) is 11.4 Å². The molecule has 12 aromatic rings. The Morgan fingerprint density at radius 3 is 0.878 bits per heavy atom. The molecule has 0 aliphatic rings. The number of hydrogen-bond donors (Lipinski definition) is 12. The highest BCUT2D eigenvalue weighted by Gasteiger charge is 2.16. The molecule has 0 amide bonds. The molecular formula is C109H124ClN7O30. The molecule has 0 aliphatic carbocycles. The number of carboxylic acids is 1. The summed E-state index contributed by atoms with van der Waals surface area (Å²) in [6, 6.07) is 69.1. The lowest BCUT2D eigenvalue weighted by Gasteiger charge is -2.13. The molecule has 12 rings (SSSR count). The lowest BCUT2D eigenvalue weighted by Crippen LogP contribution is -2.07. The summed E-state index contributed by atoms with van der Waals surface area (Å²) in [4.78, 5) is 161. The fraction of sp³-hybridized carbons (Fsp3) is 0.239. The van der Waals surface area contributed by atoms with Gasteiger partial charge in [0.05, 0.1) is 73.7 Å². The number of nitrogen functional groups attached to an aromatic ring is 2. The van der Waals surface area contributed by atoms with Gasteiger partial charge < -0.3 is 102 Å². The number of ether oxygens (including phenoxy) is 8. The number of hydrogen-bond acceptors (Lipinski definition) is 36. The smallest absolute Gasteiger partial charge is 0.338 e. The van der Waals surface area contributed by atoms with E-state index in [2.05, 4.69) is 24.4 Å². The number of nitrogens with zero attached hydrogens (tertiary/aromatic N) is 3. The van der Waals surface area contributed by atoms with Crippen molar-refractivity contribution in [3.8, 4) is 0 Å². The van der Waals surface area contributed by atoms with Gasteiger partial charge in [-0.1, -0.05) is 146 Å². The number of esters is 4. The SMILES string of the molecule is CC(=O)c1ccc(C(=O)Cl)cc1.CC(=O)c1ccc(C(=O)O)cc1.CC(=O)c1ccc(C=O)cc1.CC(=O)c1ccc(C=O)nc1.CC(=O)c1cnc(C=O)cn1.CC(O)c1ccc(C(O)O)cc1.CCOC(=O)c1ccc(C(=O)OCC)cc1.CCOC(O)c1ccc(C(O)OCC)cc1.COC(=O)c1ccc(C(=O)OC)cc1.COC(O)c1ccc(C(O)OC)cc1.NCc1ccc(CN)cc1.Nc1ccc(N)cc1. The van der Waals surface area contributed by atoms with Crippen LogP contribution in [-0.2, 0) is 51.0 Å². The maximum absolute atomic E-state index is 11.3. The number of pyridine rings is 1. The van der Waals surface area contributed by atoms with Gasteiger partial charge in [0.25, 0.3) is 5.24 Å².